The van der Waals surface area contributed by atoms with Gasteiger partial charge in [0.2, 0.25) is 5.89 Å². The Morgan fingerprint density at radius 1 is 1.00 bits per heavy atom. The summed E-state index contributed by atoms with van der Waals surface area (Å²) < 4.78 is 5.08. The summed E-state index contributed by atoms with van der Waals surface area (Å²) in [5.41, 5.74) is 2.62. The largest absolute Gasteiger partial charge is 0.354 e. The van der Waals surface area contributed by atoms with Crippen molar-refractivity contribution in [3.8, 4) is 0 Å². The molecule has 0 N–H and O–H groups in total. The van der Waals surface area contributed by atoms with Crippen molar-refractivity contribution in [2.75, 3.05) is 31.1 Å². The molecule has 2 aliphatic rings. The van der Waals surface area contributed by atoms with Gasteiger partial charge >= 0.3 is 0 Å². The van der Waals surface area contributed by atoms with E-state index >= 15 is 0 Å². The Bertz CT molecular complexity index is 786. The molecule has 1 saturated heterocycles. The predicted octanol–water partition coefficient (Wildman–Crippen LogP) is 2.28. The van der Waals surface area contributed by atoms with E-state index in [9.17, 15) is 0 Å². The molecule has 0 aromatic carbocycles. The van der Waals surface area contributed by atoms with Crippen molar-refractivity contribution in [1.29, 1.82) is 0 Å². The van der Waals surface area contributed by atoms with Crippen molar-refractivity contribution < 1.29 is 4.52 Å². The highest BCUT2D eigenvalue weighted by molar-refractivity contribution is 5.52. The molecule has 0 atom stereocenters. The summed E-state index contributed by atoms with van der Waals surface area (Å²) >= 11 is 0. The Morgan fingerprint density at radius 2 is 1.77 bits per heavy atom. The molecule has 2 aromatic heterocycles. The van der Waals surface area contributed by atoms with Crippen LogP contribution in [0, 0.1) is 6.92 Å². The lowest BCUT2D eigenvalue weighted by atomic mass is 9.95. The summed E-state index contributed by atoms with van der Waals surface area (Å²) in [6.07, 6.45) is 3.39. The van der Waals surface area contributed by atoms with Gasteiger partial charge in [-0.2, -0.15) is 4.98 Å². The van der Waals surface area contributed by atoms with Crippen molar-refractivity contribution in [2.24, 2.45) is 0 Å². The monoisotopic (exact) mass is 356 g/mol. The van der Waals surface area contributed by atoms with Gasteiger partial charge in [-0.1, -0.05) is 25.9 Å². The highest BCUT2D eigenvalue weighted by Gasteiger charge is 2.28. The van der Waals surface area contributed by atoms with E-state index in [1.807, 2.05) is 6.92 Å². The van der Waals surface area contributed by atoms with Crippen LogP contribution in [0.4, 0.5) is 5.82 Å². The van der Waals surface area contributed by atoms with Crippen LogP contribution < -0.4 is 4.90 Å². The van der Waals surface area contributed by atoms with Crippen LogP contribution in [0.3, 0.4) is 0 Å². The molecule has 0 spiro atoms. The van der Waals surface area contributed by atoms with Crippen molar-refractivity contribution in [3.05, 3.63) is 28.8 Å². The minimum atomic E-state index is -0.0231. The Morgan fingerprint density at radius 3 is 2.42 bits per heavy atom. The Kier molecular flexibility index (Phi) is 4.42. The first kappa shape index (κ1) is 17.4. The highest BCUT2D eigenvalue weighted by atomic mass is 16.5. The number of rotatable bonds is 3. The third-order valence-corrected chi connectivity index (χ3v) is 5.19. The maximum Gasteiger partial charge on any atom is 0.223 e. The van der Waals surface area contributed by atoms with Crippen LogP contribution in [-0.4, -0.2) is 51.2 Å². The molecule has 0 amide bonds. The molecule has 26 heavy (non-hydrogen) atoms. The zero-order valence-corrected chi connectivity index (χ0v) is 16.2. The second kappa shape index (κ2) is 6.61. The molecule has 3 heterocycles. The van der Waals surface area contributed by atoms with Gasteiger partial charge in [0.1, 0.15) is 11.6 Å². The maximum atomic E-state index is 5.08. The Hall–Kier alpha value is -2.02. The first-order valence-electron chi connectivity index (χ1n) is 9.57. The van der Waals surface area contributed by atoms with Gasteiger partial charge in [-0.15, -0.1) is 0 Å². The van der Waals surface area contributed by atoms with Crippen molar-refractivity contribution >= 4 is 5.82 Å². The fourth-order valence-corrected chi connectivity index (χ4v) is 3.73. The molecule has 1 fully saturated rings. The lowest BCUT2D eigenvalue weighted by molar-refractivity contribution is 0.239. The van der Waals surface area contributed by atoms with E-state index < -0.39 is 0 Å². The van der Waals surface area contributed by atoms with Gasteiger partial charge in [-0.05, 0) is 19.3 Å². The number of anilines is 1. The number of nitrogens with zero attached hydrogens (tertiary/aromatic N) is 6. The Balaban J connectivity index is 1.50. The Labute approximate surface area is 154 Å². The lowest BCUT2D eigenvalue weighted by Gasteiger charge is -2.36. The van der Waals surface area contributed by atoms with Gasteiger partial charge in [-0.3, -0.25) is 4.90 Å². The second-order valence-electron chi connectivity index (χ2n) is 8.39. The molecular formula is C19H28N6O. The normalized spacial score (nSPS) is 18.4. The highest BCUT2D eigenvalue weighted by Crippen LogP contribution is 2.32. The second-order valence-corrected chi connectivity index (χ2v) is 8.39. The van der Waals surface area contributed by atoms with Crippen molar-refractivity contribution in [1.82, 2.24) is 25.0 Å². The van der Waals surface area contributed by atoms with E-state index in [2.05, 4.69) is 40.7 Å². The van der Waals surface area contributed by atoms with Crippen molar-refractivity contribution in [2.45, 2.75) is 58.9 Å². The molecule has 1 aliphatic heterocycles. The number of piperazine rings is 1. The molecule has 0 saturated carbocycles. The minimum Gasteiger partial charge on any atom is -0.354 e. The van der Waals surface area contributed by atoms with Gasteiger partial charge in [0.25, 0.3) is 0 Å². The minimum absolute atomic E-state index is 0.0231. The SMILES string of the molecule is Cc1nc(CN2CCN(c3nc(C(C)(C)C)nc4c3CCC4)CC2)no1. The van der Waals surface area contributed by atoms with Crippen LogP contribution in [0.2, 0.25) is 0 Å². The zero-order valence-electron chi connectivity index (χ0n) is 16.2. The molecular weight excluding hydrogens is 328 g/mol. The van der Waals surface area contributed by atoms with E-state index in [1.54, 1.807) is 0 Å². The molecule has 2 aromatic rings. The summed E-state index contributed by atoms with van der Waals surface area (Å²) in [4.78, 5) is 19.0. The van der Waals surface area contributed by atoms with Crippen LogP contribution >= 0.6 is 0 Å². The number of fused-ring (bicyclic) bond motifs is 1. The third-order valence-electron chi connectivity index (χ3n) is 5.19. The van der Waals surface area contributed by atoms with E-state index in [0.717, 1.165) is 57.2 Å². The molecule has 1 aliphatic carbocycles. The number of hydrogen-bond donors (Lipinski definition) is 0. The molecule has 4 rings (SSSR count). The van der Waals surface area contributed by atoms with Crippen molar-refractivity contribution in [3.63, 3.8) is 0 Å². The maximum absolute atomic E-state index is 5.08. The summed E-state index contributed by atoms with van der Waals surface area (Å²) in [6, 6.07) is 0. The van der Waals surface area contributed by atoms with Gasteiger partial charge in [-0.25, -0.2) is 9.97 Å². The number of aryl methyl sites for hydroxylation is 2. The number of hydrogen-bond acceptors (Lipinski definition) is 7. The standard InChI is InChI=1S/C19H28N6O/c1-13-20-16(23-26-13)12-24-8-10-25(11-9-24)17-14-6-5-7-15(14)21-18(22-17)19(2,3)4/h5-12H2,1-4H3. The van der Waals surface area contributed by atoms with E-state index in [4.69, 9.17) is 14.5 Å². The van der Waals surface area contributed by atoms with Gasteiger partial charge < -0.3 is 9.42 Å². The lowest BCUT2D eigenvalue weighted by Crippen LogP contribution is -2.47. The zero-order chi connectivity index (χ0) is 18.3. The first-order valence-corrected chi connectivity index (χ1v) is 9.57. The van der Waals surface area contributed by atoms with Crippen LogP contribution in [0.25, 0.3) is 0 Å². The predicted molar refractivity (Wildman–Crippen MR) is 99.3 cm³/mol. The molecule has 0 radical (unpaired) electrons. The molecule has 0 unspecified atom stereocenters. The summed E-state index contributed by atoms with van der Waals surface area (Å²) in [7, 11) is 0. The molecule has 7 nitrogen and oxygen atoms in total. The van der Waals surface area contributed by atoms with Gasteiger partial charge in [0, 0.05) is 49.8 Å². The van der Waals surface area contributed by atoms with E-state index in [-0.39, 0.29) is 5.41 Å². The summed E-state index contributed by atoms with van der Waals surface area (Å²) in [5, 5.41) is 4.01. The van der Waals surface area contributed by atoms with Crippen LogP contribution in [0.5, 0.6) is 0 Å². The summed E-state index contributed by atoms with van der Waals surface area (Å²) in [5.74, 6) is 3.55. The van der Waals surface area contributed by atoms with Gasteiger partial charge in [0.05, 0.1) is 6.54 Å². The smallest absolute Gasteiger partial charge is 0.223 e. The van der Waals surface area contributed by atoms with Gasteiger partial charge in [0.15, 0.2) is 5.82 Å². The topological polar surface area (TPSA) is 71.2 Å². The van der Waals surface area contributed by atoms with Crippen LogP contribution in [0.15, 0.2) is 4.52 Å². The van der Waals surface area contributed by atoms with E-state index in [1.165, 1.54) is 23.5 Å². The average molecular weight is 356 g/mol. The molecule has 140 valence electrons. The molecule has 0 bridgehead atoms. The average Bonchev–Trinajstić information content (AvgIpc) is 3.22. The quantitative estimate of drug-likeness (QED) is 0.835. The van der Waals surface area contributed by atoms with E-state index in [0.29, 0.717) is 5.89 Å². The fourth-order valence-electron chi connectivity index (χ4n) is 3.73. The van der Waals surface area contributed by atoms with Crippen LogP contribution in [-0.2, 0) is 24.8 Å². The number of aromatic nitrogens is 4. The third kappa shape index (κ3) is 3.45. The fraction of sp³-hybridized carbons (Fsp3) is 0.684. The molecule has 7 heteroatoms. The van der Waals surface area contributed by atoms with Crippen LogP contribution in [0.1, 0.15) is 56.0 Å². The first-order chi connectivity index (χ1) is 12.4. The summed E-state index contributed by atoms with van der Waals surface area (Å²) in [6.45, 7) is 13.1.